The predicted molar refractivity (Wildman–Crippen MR) is 231 cm³/mol. The first-order valence-corrected chi connectivity index (χ1v) is 18.9. The fraction of sp³-hybridized carbons (Fsp3) is 0. The summed E-state index contributed by atoms with van der Waals surface area (Å²) in [5.41, 5.74) is 14.2. The third-order valence-electron chi connectivity index (χ3n) is 10.8. The normalized spacial score (nSPS) is 11.6. The van der Waals surface area contributed by atoms with Gasteiger partial charge in [-0.3, -0.25) is 0 Å². The van der Waals surface area contributed by atoms with Crippen molar-refractivity contribution in [2.45, 2.75) is 0 Å². The second-order valence-electron chi connectivity index (χ2n) is 14.2. The third kappa shape index (κ3) is 5.31. The largest absolute Gasteiger partial charge is 0.455 e. The quantitative estimate of drug-likeness (QED) is 0.172. The molecule has 262 valence electrons. The van der Waals surface area contributed by atoms with Gasteiger partial charge in [0.25, 0.3) is 0 Å². The lowest BCUT2D eigenvalue weighted by Gasteiger charge is -2.09. The van der Waals surface area contributed by atoms with Gasteiger partial charge < -0.3 is 8.98 Å². The highest BCUT2D eigenvalue weighted by molar-refractivity contribution is 6.15. The van der Waals surface area contributed by atoms with Crippen LogP contribution in [0.25, 0.3) is 106 Å². The summed E-state index contributed by atoms with van der Waals surface area (Å²) in [6.45, 7) is 0. The van der Waals surface area contributed by atoms with E-state index in [-0.39, 0.29) is 0 Å². The molecule has 8 aromatic carbocycles. The number of hydrogen-bond acceptors (Lipinski definition) is 3. The molecule has 0 amide bonds. The maximum absolute atomic E-state index is 6.98. The van der Waals surface area contributed by atoms with Crippen LogP contribution in [0.4, 0.5) is 0 Å². The molecule has 11 rings (SSSR count). The fourth-order valence-electron chi connectivity index (χ4n) is 8.16. The van der Waals surface area contributed by atoms with Gasteiger partial charge in [-0.05, 0) is 65.2 Å². The van der Waals surface area contributed by atoms with Crippen LogP contribution in [-0.2, 0) is 0 Å². The van der Waals surface area contributed by atoms with Gasteiger partial charge >= 0.3 is 0 Å². The van der Waals surface area contributed by atoms with Crippen LogP contribution in [0.5, 0.6) is 0 Å². The van der Waals surface area contributed by atoms with Gasteiger partial charge in [0.2, 0.25) is 0 Å². The first kappa shape index (κ1) is 31.9. The van der Waals surface area contributed by atoms with Crippen molar-refractivity contribution >= 4 is 43.7 Å². The summed E-state index contributed by atoms with van der Waals surface area (Å²) in [5.74, 6) is 0.626. The van der Waals surface area contributed by atoms with Gasteiger partial charge in [-0.1, -0.05) is 152 Å². The molecule has 0 unspecified atom stereocenters. The van der Waals surface area contributed by atoms with Crippen LogP contribution in [0.1, 0.15) is 0 Å². The molecule has 56 heavy (non-hydrogen) atoms. The standard InChI is InChI=1S/C52H33N3O/c1-5-15-34(16-6-1)37-27-29-48-44(31-37)45-32-38(28-30-49(45)55(48)39-21-11-4-12-22-39)40-23-13-24-41-42-25-14-26-43(51(42)56-50(40)41)52-53-46(35-17-7-2-8-18-35)33-47(54-52)36-19-9-3-10-20-36/h1-33H. The topological polar surface area (TPSA) is 43.9 Å². The molecule has 0 aliphatic heterocycles. The van der Waals surface area contributed by atoms with Crippen molar-refractivity contribution in [1.82, 2.24) is 14.5 Å². The maximum Gasteiger partial charge on any atom is 0.164 e. The molecule has 0 N–H and O–H groups in total. The second-order valence-corrected chi connectivity index (χ2v) is 14.2. The van der Waals surface area contributed by atoms with Crippen molar-refractivity contribution in [3.05, 3.63) is 200 Å². The van der Waals surface area contributed by atoms with Gasteiger partial charge in [-0.25, -0.2) is 9.97 Å². The fourth-order valence-corrected chi connectivity index (χ4v) is 8.16. The van der Waals surface area contributed by atoms with E-state index in [1.54, 1.807) is 0 Å². The number of benzene rings is 8. The van der Waals surface area contributed by atoms with E-state index in [0.717, 1.165) is 72.3 Å². The Kier molecular flexibility index (Phi) is 7.46. The number of rotatable bonds is 6. The number of fused-ring (bicyclic) bond motifs is 6. The molecule has 0 radical (unpaired) electrons. The van der Waals surface area contributed by atoms with E-state index in [1.165, 1.54) is 27.4 Å². The van der Waals surface area contributed by atoms with Gasteiger partial charge in [0, 0.05) is 43.9 Å². The molecular weight excluding hydrogens is 683 g/mol. The molecule has 0 spiro atoms. The lowest BCUT2D eigenvalue weighted by Crippen LogP contribution is -1.96. The molecule has 3 aromatic heterocycles. The summed E-state index contributed by atoms with van der Waals surface area (Å²) >= 11 is 0. The highest BCUT2D eigenvalue weighted by Gasteiger charge is 2.20. The van der Waals surface area contributed by atoms with Crippen molar-refractivity contribution in [2.75, 3.05) is 0 Å². The minimum Gasteiger partial charge on any atom is -0.455 e. The molecular formula is C52H33N3O. The van der Waals surface area contributed by atoms with Crippen molar-refractivity contribution in [2.24, 2.45) is 0 Å². The Labute approximate surface area is 323 Å². The van der Waals surface area contributed by atoms with Gasteiger partial charge in [0.05, 0.1) is 28.0 Å². The number of nitrogens with zero attached hydrogens (tertiary/aromatic N) is 3. The molecule has 0 aliphatic carbocycles. The van der Waals surface area contributed by atoms with Crippen LogP contribution in [0.3, 0.4) is 0 Å². The Morgan fingerprint density at radius 3 is 1.41 bits per heavy atom. The van der Waals surface area contributed by atoms with Crippen LogP contribution in [-0.4, -0.2) is 14.5 Å². The van der Waals surface area contributed by atoms with E-state index in [1.807, 2.05) is 36.4 Å². The monoisotopic (exact) mass is 715 g/mol. The average Bonchev–Trinajstić information content (AvgIpc) is 3.83. The molecule has 0 aliphatic rings. The lowest BCUT2D eigenvalue weighted by atomic mass is 9.99. The predicted octanol–water partition coefficient (Wildman–Crippen LogP) is 13.8. The molecule has 4 nitrogen and oxygen atoms in total. The number of furan rings is 1. The first-order valence-electron chi connectivity index (χ1n) is 18.9. The molecule has 0 saturated heterocycles. The molecule has 3 heterocycles. The molecule has 11 aromatic rings. The summed E-state index contributed by atoms with van der Waals surface area (Å²) in [7, 11) is 0. The number of para-hydroxylation sites is 3. The number of hydrogen-bond donors (Lipinski definition) is 0. The summed E-state index contributed by atoms with van der Waals surface area (Å²) in [6, 6.07) is 70.2. The first-order chi connectivity index (χ1) is 27.8. The van der Waals surface area contributed by atoms with E-state index in [4.69, 9.17) is 14.4 Å². The average molecular weight is 716 g/mol. The van der Waals surface area contributed by atoms with Crippen LogP contribution >= 0.6 is 0 Å². The smallest absolute Gasteiger partial charge is 0.164 e. The molecule has 0 bridgehead atoms. The van der Waals surface area contributed by atoms with Gasteiger partial charge in [0.1, 0.15) is 11.2 Å². The molecule has 0 saturated carbocycles. The minimum atomic E-state index is 0.626. The zero-order valence-electron chi connectivity index (χ0n) is 30.3. The summed E-state index contributed by atoms with van der Waals surface area (Å²) < 4.78 is 9.35. The zero-order chi connectivity index (χ0) is 37.0. The van der Waals surface area contributed by atoms with E-state index in [0.29, 0.717) is 5.82 Å². The minimum absolute atomic E-state index is 0.626. The molecule has 0 fully saturated rings. The van der Waals surface area contributed by atoms with Crippen LogP contribution < -0.4 is 0 Å². The second kappa shape index (κ2) is 13.1. The Hall–Kier alpha value is -7.56. The Bertz CT molecular complexity index is 3160. The third-order valence-corrected chi connectivity index (χ3v) is 10.8. The molecule has 0 atom stereocenters. The van der Waals surface area contributed by atoms with Crippen LogP contribution in [0, 0.1) is 0 Å². The van der Waals surface area contributed by atoms with Gasteiger partial charge in [0.15, 0.2) is 5.82 Å². The Balaban J connectivity index is 1.11. The van der Waals surface area contributed by atoms with E-state index in [2.05, 4.69) is 168 Å². The van der Waals surface area contributed by atoms with Crippen molar-refractivity contribution in [1.29, 1.82) is 0 Å². The van der Waals surface area contributed by atoms with E-state index in [9.17, 15) is 0 Å². The lowest BCUT2D eigenvalue weighted by molar-refractivity contribution is 0.670. The van der Waals surface area contributed by atoms with E-state index >= 15 is 0 Å². The summed E-state index contributed by atoms with van der Waals surface area (Å²) in [6.07, 6.45) is 0. The number of aromatic nitrogens is 3. The van der Waals surface area contributed by atoms with Crippen molar-refractivity contribution < 1.29 is 4.42 Å². The Morgan fingerprint density at radius 1 is 0.339 bits per heavy atom. The highest BCUT2D eigenvalue weighted by atomic mass is 16.3. The van der Waals surface area contributed by atoms with Gasteiger partial charge in [-0.15, -0.1) is 0 Å². The van der Waals surface area contributed by atoms with Crippen molar-refractivity contribution in [3.8, 4) is 61.8 Å². The highest BCUT2D eigenvalue weighted by Crippen LogP contribution is 2.42. The van der Waals surface area contributed by atoms with Crippen LogP contribution in [0.15, 0.2) is 205 Å². The van der Waals surface area contributed by atoms with Gasteiger partial charge in [-0.2, -0.15) is 0 Å². The summed E-state index contributed by atoms with van der Waals surface area (Å²) in [5, 5.41) is 4.48. The van der Waals surface area contributed by atoms with E-state index < -0.39 is 0 Å². The maximum atomic E-state index is 6.98. The van der Waals surface area contributed by atoms with Crippen molar-refractivity contribution in [3.63, 3.8) is 0 Å². The SMILES string of the molecule is c1ccc(-c2ccc3c(c2)c2cc(-c4cccc5c4oc4c(-c6nc(-c7ccccc7)cc(-c7ccccc7)n6)cccc45)ccc2n3-c2ccccc2)cc1. The zero-order valence-corrected chi connectivity index (χ0v) is 30.3. The summed E-state index contributed by atoms with van der Waals surface area (Å²) in [4.78, 5) is 10.3. The molecule has 4 heteroatoms. The van der Waals surface area contributed by atoms with Crippen LogP contribution in [0.2, 0.25) is 0 Å². The Morgan fingerprint density at radius 2 is 0.821 bits per heavy atom.